The molecule has 0 saturated carbocycles. The number of benzene rings is 3. The summed E-state index contributed by atoms with van der Waals surface area (Å²) < 4.78 is 11.9. The number of rotatable bonds is 4. The van der Waals surface area contributed by atoms with Gasteiger partial charge in [0.2, 0.25) is 5.89 Å². The van der Waals surface area contributed by atoms with E-state index in [1.54, 1.807) is 18.3 Å². The van der Waals surface area contributed by atoms with Crippen molar-refractivity contribution in [2.75, 3.05) is 7.11 Å². The summed E-state index contributed by atoms with van der Waals surface area (Å²) in [7, 11) is 1.51. The Balaban J connectivity index is 1.68. The van der Waals surface area contributed by atoms with Crippen LogP contribution in [0.2, 0.25) is 0 Å². The van der Waals surface area contributed by atoms with E-state index >= 15 is 0 Å². The summed E-state index contributed by atoms with van der Waals surface area (Å²) >= 11 is 3.41. The van der Waals surface area contributed by atoms with Gasteiger partial charge < -0.3 is 14.3 Å². The first kappa shape index (κ1) is 18.3. The van der Waals surface area contributed by atoms with Crippen molar-refractivity contribution in [3.63, 3.8) is 0 Å². The van der Waals surface area contributed by atoms with Gasteiger partial charge in [-0.05, 0) is 48.9 Å². The molecule has 0 aliphatic heterocycles. The summed E-state index contributed by atoms with van der Waals surface area (Å²) in [4.78, 5) is 9.09. The van der Waals surface area contributed by atoms with Crippen LogP contribution >= 0.6 is 15.9 Å². The molecule has 0 aliphatic rings. The zero-order valence-electron chi connectivity index (χ0n) is 15.3. The lowest BCUT2D eigenvalue weighted by atomic mass is 10.2. The van der Waals surface area contributed by atoms with Crippen molar-refractivity contribution in [3.05, 3.63) is 70.2 Å². The molecule has 0 fully saturated rings. The molecule has 140 valence electrons. The highest BCUT2D eigenvalue weighted by Gasteiger charge is 2.11. The zero-order chi connectivity index (χ0) is 19.7. The summed E-state index contributed by atoms with van der Waals surface area (Å²) in [6.07, 6.45) is 1.60. The second-order valence-electron chi connectivity index (χ2n) is 6.30. The van der Waals surface area contributed by atoms with Crippen molar-refractivity contribution >= 4 is 38.9 Å². The second kappa shape index (κ2) is 7.48. The molecule has 0 spiro atoms. The number of aromatic hydroxyl groups is 1. The van der Waals surface area contributed by atoms with Crippen molar-refractivity contribution in [2.45, 2.75) is 6.92 Å². The predicted molar refractivity (Wildman–Crippen MR) is 114 cm³/mol. The molecule has 5 nitrogen and oxygen atoms in total. The fourth-order valence-electron chi connectivity index (χ4n) is 2.92. The number of oxazole rings is 1. The number of hydrogen-bond donors (Lipinski definition) is 1. The standard InChI is InChI=1S/C22H17BrN2O3/c1-13-5-3-8-18-20(13)25-22(28-18)14-6-4-7-17(10-14)24-12-15-9-16(23)11-19(27-2)21(15)26/h3-12,26H,1-2H3. The monoisotopic (exact) mass is 436 g/mol. The van der Waals surface area contributed by atoms with E-state index in [-0.39, 0.29) is 5.75 Å². The lowest BCUT2D eigenvalue weighted by molar-refractivity contribution is 0.373. The van der Waals surface area contributed by atoms with Crippen LogP contribution in [0.4, 0.5) is 5.69 Å². The Morgan fingerprint density at radius 3 is 2.75 bits per heavy atom. The van der Waals surface area contributed by atoms with Crippen LogP contribution in [-0.2, 0) is 0 Å². The van der Waals surface area contributed by atoms with Crippen LogP contribution in [0.1, 0.15) is 11.1 Å². The average molecular weight is 437 g/mol. The highest BCUT2D eigenvalue weighted by atomic mass is 79.9. The van der Waals surface area contributed by atoms with Crippen molar-refractivity contribution < 1.29 is 14.3 Å². The number of para-hydroxylation sites is 1. The van der Waals surface area contributed by atoms with Gasteiger partial charge in [-0.1, -0.05) is 34.1 Å². The molecule has 0 unspecified atom stereocenters. The number of methoxy groups -OCH3 is 1. The molecule has 1 N–H and O–H groups in total. The minimum atomic E-state index is 0.0417. The molecule has 0 atom stereocenters. The summed E-state index contributed by atoms with van der Waals surface area (Å²) in [5, 5.41) is 10.3. The van der Waals surface area contributed by atoms with Gasteiger partial charge in [0.15, 0.2) is 17.1 Å². The fraction of sp³-hybridized carbons (Fsp3) is 0.0909. The largest absolute Gasteiger partial charge is 0.504 e. The molecule has 1 heterocycles. The quantitative estimate of drug-likeness (QED) is 0.396. The molecule has 3 aromatic carbocycles. The van der Waals surface area contributed by atoms with Crippen LogP contribution in [0.3, 0.4) is 0 Å². The number of ether oxygens (including phenoxy) is 1. The molecule has 0 bridgehead atoms. The van der Waals surface area contributed by atoms with Gasteiger partial charge in [-0.15, -0.1) is 0 Å². The van der Waals surface area contributed by atoms with Crippen LogP contribution in [0.25, 0.3) is 22.6 Å². The Morgan fingerprint density at radius 2 is 1.96 bits per heavy atom. The van der Waals surface area contributed by atoms with Gasteiger partial charge in [-0.25, -0.2) is 4.98 Å². The number of aryl methyl sites for hydroxylation is 1. The first-order valence-electron chi connectivity index (χ1n) is 8.62. The van der Waals surface area contributed by atoms with E-state index < -0.39 is 0 Å². The molecule has 4 aromatic rings. The van der Waals surface area contributed by atoms with Gasteiger partial charge in [0.25, 0.3) is 0 Å². The third-order valence-corrected chi connectivity index (χ3v) is 4.81. The smallest absolute Gasteiger partial charge is 0.227 e. The molecule has 0 aliphatic carbocycles. The molecule has 28 heavy (non-hydrogen) atoms. The highest BCUT2D eigenvalue weighted by molar-refractivity contribution is 9.10. The van der Waals surface area contributed by atoms with Crippen molar-refractivity contribution in [2.24, 2.45) is 4.99 Å². The molecular weight excluding hydrogens is 420 g/mol. The molecule has 0 saturated heterocycles. The lowest BCUT2D eigenvalue weighted by Crippen LogP contribution is -1.89. The van der Waals surface area contributed by atoms with Crippen LogP contribution in [0.5, 0.6) is 11.5 Å². The molecule has 0 radical (unpaired) electrons. The summed E-state index contributed by atoms with van der Waals surface area (Å²) in [5.74, 6) is 0.972. The average Bonchev–Trinajstić information content (AvgIpc) is 3.14. The minimum Gasteiger partial charge on any atom is -0.504 e. The Hall–Kier alpha value is -3.12. The topological polar surface area (TPSA) is 67.9 Å². The van der Waals surface area contributed by atoms with Crippen LogP contribution in [0.15, 0.2) is 68.5 Å². The number of hydrogen-bond acceptors (Lipinski definition) is 5. The van der Waals surface area contributed by atoms with Gasteiger partial charge in [-0.3, -0.25) is 4.99 Å². The number of phenols is 1. The van der Waals surface area contributed by atoms with Crippen molar-refractivity contribution in [1.29, 1.82) is 0 Å². The maximum absolute atomic E-state index is 10.3. The summed E-state index contributed by atoms with van der Waals surface area (Å²) in [6.45, 7) is 2.01. The maximum atomic E-state index is 10.3. The molecule has 1 aromatic heterocycles. The number of phenolic OH excluding ortho intramolecular Hbond substituents is 1. The highest BCUT2D eigenvalue weighted by Crippen LogP contribution is 2.33. The number of nitrogens with zero attached hydrogens (tertiary/aromatic N) is 2. The molecule has 6 heteroatoms. The van der Waals surface area contributed by atoms with E-state index in [9.17, 15) is 5.11 Å². The van der Waals surface area contributed by atoms with Crippen LogP contribution in [-0.4, -0.2) is 23.4 Å². The minimum absolute atomic E-state index is 0.0417. The predicted octanol–water partition coefficient (Wildman–Crippen LogP) is 6.03. The molecule has 4 rings (SSSR count). The zero-order valence-corrected chi connectivity index (χ0v) is 16.9. The van der Waals surface area contributed by atoms with E-state index in [0.717, 1.165) is 32.4 Å². The number of fused-ring (bicyclic) bond motifs is 1. The van der Waals surface area contributed by atoms with Gasteiger partial charge in [0, 0.05) is 21.8 Å². The van der Waals surface area contributed by atoms with Crippen LogP contribution < -0.4 is 4.74 Å². The Kier molecular flexibility index (Phi) is 4.88. The van der Waals surface area contributed by atoms with Gasteiger partial charge >= 0.3 is 0 Å². The number of halogens is 1. The normalized spacial score (nSPS) is 11.4. The Bertz CT molecular complexity index is 1200. The van der Waals surface area contributed by atoms with E-state index in [1.165, 1.54) is 7.11 Å². The van der Waals surface area contributed by atoms with E-state index in [4.69, 9.17) is 9.15 Å². The Morgan fingerprint density at radius 1 is 1.14 bits per heavy atom. The molecular formula is C22H17BrN2O3. The second-order valence-corrected chi connectivity index (χ2v) is 7.21. The third kappa shape index (κ3) is 3.51. The van der Waals surface area contributed by atoms with E-state index in [0.29, 0.717) is 17.2 Å². The third-order valence-electron chi connectivity index (χ3n) is 4.36. The number of aliphatic imine (C=N–C) groups is 1. The van der Waals surface area contributed by atoms with E-state index in [1.807, 2.05) is 49.4 Å². The van der Waals surface area contributed by atoms with E-state index in [2.05, 4.69) is 25.9 Å². The van der Waals surface area contributed by atoms with Gasteiger partial charge in [0.05, 0.1) is 12.8 Å². The first-order chi connectivity index (χ1) is 13.5. The first-order valence-corrected chi connectivity index (χ1v) is 9.41. The molecule has 0 amide bonds. The summed E-state index contributed by atoms with van der Waals surface area (Å²) in [5.41, 5.74) is 4.79. The maximum Gasteiger partial charge on any atom is 0.227 e. The lowest BCUT2D eigenvalue weighted by Gasteiger charge is -2.06. The van der Waals surface area contributed by atoms with Crippen molar-refractivity contribution in [3.8, 4) is 23.0 Å². The number of aromatic nitrogens is 1. The van der Waals surface area contributed by atoms with Gasteiger partial charge in [0.1, 0.15) is 5.52 Å². The van der Waals surface area contributed by atoms with Crippen LogP contribution in [0, 0.1) is 6.92 Å². The SMILES string of the molecule is COc1cc(Br)cc(C=Nc2cccc(-c3nc4c(C)cccc4o3)c2)c1O. The fourth-order valence-corrected chi connectivity index (χ4v) is 3.38. The van der Waals surface area contributed by atoms with Crippen molar-refractivity contribution in [1.82, 2.24) is 4.98 Å². The Labute approximate surface area is 170 Å². The summed E-state index contributed by atoms with van der Waals surface area (Å²) in [6, 6.07) is 16.9. The van der Waals surface area contributed by atoms with Gasteiger partial charge in [-0.2, -0.15) is 0 Å².